The zero-order valence-electron chi connectivity index (χ0n) is 12.5. The van der Waals surface area contributed by atoms with Gasteiger partial charge in [0.1, 0.15) is 0 Å². The van der Waals surface area contributed by atoms with Gasteiger partial charge in [-0.25, -0.2) is 0 Å². The molecule has 19 heavy (non-hydrogen) atoms. The third kappa shape index (κ3) is 5.82. The van der Waals surface area contributed by atoms with E-state index in [-0.39, 0.29) is 5.60 Å². The number of unbranched alkanes of at least 4 members (excludes halogenated alkanes) is 3. The molecule has 0 spiro atoms. The minimum atomic E-state index is -0.161. The van der Waals surface area contributed by atoms with Crippen molar-refractivity contribution in [2.75, 3.05) is 4.43 Å². The van der Waals surface area contributed by atoms with Gasteiger partial charge in [0.2, 0.25) is 0 Å². The fourth-order valence-electron chi connectivity index (χ4n) is 2.33. The van der Waals surface area contributed by atoms with Gasteiger partial charge in [-0.15, -0.1) is 0 Å². The van der Waals surface area contributed by atoms with E-state index in [1.165, 1.54) is 37.7 Å². The maximum Gasteiger partial charge on any atom is 0.0995 e. The van der Waals surface area contributed by atoms with Gasteiger partial charge in [0.25, 0.3) is 0 Å². The Morgan fingerprint density at radius 2 is 1.84 bits per heavy atom. The van der Waals surface area contributed by atoms with Crippen molar-refractivity contribution in [2.45, 2.75) is 64.6 Å². The first-order valence-corrected chi connectivity index (χ1v) is 8.94. The second-order valence-electron chi connectivity index (χ2n) is 5.51. The fraction of sp³-hybridized carbons (Fsp3) is 0.647. The summed E-state index contributed by atoms with van der Waals surface area (Å²) in [4.78, 5) is 0. The normalized spacial score (nSPS) is 16.0. The van der Waals surface area contributed by atoms with Gasteiger partial charge < -0.3 is 4.74 Å². The minimum Gasteiger partial charge on any atom is -0.367 e. The molecule has 1 nitrogen and oxygen atoms in total. The lowest BCUT2D eigenvalue weighted by Crippen LogP contribution is -2.31. The Labute approximate surface area is 132 Å². The van der Waals surface area contributed by atoms with Crippen LogP contribution in [0.3, 0.4) is 0 Å². The highest BCUT2D eigenvalue weighted by molar-refractivity contribution is 14.1. The van der Waals surface area contributed by atoms with Crippen LogP contribution >= 0.6 is 22.6 Å². The van der Waals surface area contributed by atoms with Crippen LogP contribution in [0.25, 0.3) is 0 Å². The quantitative estimate of drug-likeness (QED) is 0.306. The summed E-state index contributed by atoms with van der Waals surface area (Å²) in [5.74, 6) is 0. The molecule has 2 atom stereocenters. The molecule has 0 radical (unpaired) electrons. The van der Waals surface area contributed by atoms with Gasteiger partial charge in [0.05, 0.1) is 11.7 Å². The SMILES string of the molecule is CCCCCCC(C)OC(C)(CI)c1ccccc1. The zero-order chi connectivity index (χ0) is 14.1. The van der Waals surface area contributed by atoms with Crippen LogP contribution in [-0.4, -0.2) is 10.5 Å². The number of hydrogen-bond acceptors (Lipinski definition) is 1. The monoisotopic (exact) mass is 374 g/mol. The standard InChI is InChI=1S/C17H27IO/c1-4-5-6-8-11-15(2)19-17(3,14-18)16-12-9-7-10-13-16/h7,9-10,12-13,15H,4-6,8,11,14H2,1-3H3. The number of benzene rings is 1. The van der Waals surface area contributed by atoms with Crippen LogP contribution in [0.2, 0.25) is 0 Å². The topological polar surface area (TPSA) is 9.23 Å². The molecule has 1 rings (SSSR count). The van der Waals surface area contributed by atoms with Crippen molar-refractivity contribution in [3.63, 3.8) is 0 Å². The summed E-state index contributed by atoms with van der Waals surface area (Å²) in [5, 5.41) is 0. The number of halogens is 1. The van der Waals surface area contributed by atoms with E-state index < -0.39 is 0 Å². The summed E-state index contributed by atoms with van der Waals surface area (Å²) in [6, 6.07) is 10.6. The molecule has 0 aromatic heterocycles. The molecule has 0 aliphatic rings. The Bertz CT molecular complexity index is 338. The molecule has 2 unspecified atom stereocenters. The molecule has 0 saturated carbocycles. The highest BCUT2D eigenvalue weighted by Gasteiger charge is 2.28. The third-order valence-corrected chi connectivity index (χ3v) is 5.02. The summed E-state index contributed by atoms with van der Waals surface area (Å²) in [7, 11) is 0. The molecule has 0 aliphatic carbocycles. The van der Waals surface area contributed by atoms with Crippen molar-refractivity contribution in [3.8, 4) is 0 Å². The average Bonchev–Trinajstić information content (AvgIpc) is 2.44. The Hall–Kier alpha value is -0.0900. The maximum atomic E-state index is 6.35. The maximum absolute atomic E-state index is 6.35. The van der Waals surface area contributed by atoms with Gasteiger partial charge in [-0.3, -0.25) is 0 Å². The Balaban J connectivity index is 2.51. The molecule has 0 heterocycles. The van der Waals surface area contributed by atoms with Crippen LogP contribution in [0.1, 0.15) is 58.4 Å². The van der Waals surface area contributed by atoms with Crippen molar-refractivity contribution in [1.82, 2.24) is 0 Å². The zero-order valence-corrected chi connectivity index (χ0v) is 14.7. The second kappa shape index (κ2) is 8.96. The van der Waals surface area contributed by atoms with Crippen LogP contribution in [0.4, 0.5) is 0 Å². The van der Waals surface area contributed by atoms with E-state index in [9.17, 15) is 0 Å². The molecule has 0 amide bonds. The highest BCUT2D eigenvalue weighted by Crippen LogP contribution is 2.30. The predicted molar refractivity (Wildman–Crippen MR) is 92.0 cm³/mol. The highest BCUT2D eigenvalue weighted by atomic mass is 127. The summed E-state index contributed by atoms with van der Waals surface area (Å²) < 4.78 is 7.33. The molecular weight excluding hydrogens is 347 g/mol. The number of hydrogen-bond donors (Lipinski definition) is 0. The lowest BCUT2D eigenvalue weighted by Gasteiger charge is -2.32. The molecule has 1 aromatic rings. The van der Waals surface area contributed by atoms with Crippen LogP contribution in [-0.2, 0) is 10.3 Å². The van der Waals surface area contributed by atoms with Gasteiger partial charge in [0, 0.05) is 4.43 Å². The molecule has 2 heteroatoms. The van der Waals surface area contributed by atoms with Crippen LogP contribution in [0, 0.1) is 0 Å². The van der Waals surface area contributed by atoms with E-state index in [0.29, 0.717) is 6.10 Å². The lowest BCUT2D eigenvalue weighted by molar-refractivity contribution is -0.0665. The van der Waals surface area contributed by atoms with Gasteiger partial charge >= 0.3 is 0 Å². The number of ether oxygens (including phenoxy) is 1. The Morgan fingerprint density at radius 3 is 2.42 bits per heavy atom. The van der Waals surface area contributed by atoms with E-state index in [0.717, 1.165) is 4.43 Å². The molecule has 0 N–H and O–H groups in total. The first kappa shape index (κ1) is 17.0. The minimum absolute atomic E-state index is 0.161. The number of alkyl halides is 1. The van der Waals surface area contributed by atoms with E-state index in [2.05, 4.69) is 73.7 Å². The second-order valence-corrected chi connectivity index (χ2v) is 6.27. The van der Waals surface area contributed by atoms with Gasteiger partial charge in [-0.05, 0) is 25.8 Å². The van der Waals surface area contributed by atoms with Crippen LogP contribution in [0.15, 0.2) is 30.3 Å². The van der Waals surface area contributed by atoms with Crippen molar-refractivity contribution in [3.05, 3.63) is 35.9 Å². The van der Waals surface area contributed by atoms with Crippen molar-refractivity contribution in [2.24, 2.45) is 0 Å². The molecule has 108 valence electrons. The van der Waals surface area contributed by atoms with Crippen LogP contribution in [0.5, 0.6) is 0 Å². The van der Waals surface area contributed by atoms with Gasteiger partial charge in [0.15, 0.2) is 0 Å². The van der Waals surface area contributed by atoms with Crippen LogP contribution < -0.4 is 0 Å². The molecule has 0 aliphatic heterocycles. The molecule has 0 saturated heterocycles. The van der Waals surface area contributed by atoms with Gasteiger partial charge in [-0.2, -0.15) is 0 Å². The predicted octanol–water partition coefficient (Wildman–Crippen LogP) is 5.71. The Kier molecular flexibility index (Phi) is 8.00. The summed E-state index contributed by atoms with van der Waals surface area (Å²) in [5.41, 5.74) is 1.12. The summed E-state index contributed by atoms with van der Waals surface area (Å²) >= 11 is 2.43. The summed E-state index contributed by atoms with van der Waals surface area (Å²) in [6.07, 6.45) is 6.74. The van der Waals surface area contributed by atoms with E-state index in [1.54, 1.807) is 0 Å². The smallest absolute Gasteiger partial charge is 0.0995 e. The van der Waals surface area contributed by atoms with E-state index in [4.69, 9.17) is 4.74 Å². The molecule has 0 bridgehead atoms. The third-order valence-electron chi connectivity index (χ3n) is 3.56. The first-order chi connectivity index (χ1) is 9.12. The number of rotatable bonds is 9. The largest absolute Gasteiger partial charge is 0.367 e. The molecule has 0 fully saturated rings. The fourth-order valence-corrected chi connectivity index (χ4v) is 2.95. The first-order valence-electron chi connectivity index (χ1n) is 7.41. The van der Waals surface area contributed by atoms with E-state index >= 15 is 0 Å². The van der Waals surface area contributed by atoms with Gasteiger partial charge in [-0.1, -0.05) is 85.5 Å². The van der Waals surface area contributed by atoms with Crippen molar-refractivity contribution < 1.29 is 4.74 Å². The lowest BCUT2D eigenvalue weighted by atomic mass is 9.97. The summed E-state index contributed by atoms with van der Waals surface area (Å²) in [6.45, 7) is 6.67. The average molecular weight is 374 g/mol. The molecular formula is C17H27IO. The Morgan fingerprint density at radius 1 is 1.16 bits per heavy atom. The van der Waals surface area contributed by atoms with Crippen molar-refractivity contribution in [1.29, 1.82) is 0 Å². The molecule has 1 aromatic carbocycles. The van der Waals surface area contributed by atoms with E-state index in [1.807, 2.05) is 0 Å². The van der Waals surface area contributed by atoms with Crippen molar-refractivity contribution >= 4 is 22.6 Å².